The van der Waals surface area contributed by atoms with Crippen LogP contribution in [0.4, 0.5) is 0 Å². The lowest BCUT2D eigenvalue weighted by atomic mass is 9.97. The lowest BCUT2D eigenvalue weighted by Crippen LogP contribution is -2.31. The van der Waals surface area contributed by atoms with Crippen molar-refractivity contribution in [3.8, 4) is 0 Å². The van der Waals surface area contributed by atoms with Crippen molar-refractivity contribution in [3.63, 3.8) is 0 Å². The second kappa shape index (κ2) is 6.03. The van der Waals surface area contributed by atoms with Crippen LogP contribution in [0, 0.1) is 0 Å². The van der Waals surface area contributed by atoms with Crippen molar-refractivity contribution in [2.75, 3.05) is 19.0 Å². The summed E-state index contributed by atoms with van der Waals surface area (Å²) >= 11 is 5.51. The minimum atomic E-state index is -0.0285. The Kier molecular flexibility index (Phi) is 4.40. The molecule has 2 rings (SSSR count). The van der Waals surface area contributed by atoms with E-state index in [9.17, 15) is 4.79 Å². The molecule has 17 heavy (non-hydrogen) atoms. The summed E-state index contributed by atoms with van der Waals surface area (Å²) in [5.41, 5.74) is 2.50. The van der Waals surface area contributed by atoms with Crippen LogP contribution in [0.15, 0.2) is 24.3 Å². The van der Waals surface area contributed by atoms with E-state index in [0.717, 1.165) is 6.42 Å². The number of alkyl halides is 1. The smallest absolute Gasteiger partial charge is 0.221 e. The molecule has 1 aliphatic heterocycles. The molecule has 0 bridgehead atoms. The van der Waals surface area contributed by atoms with E-state index in [2.05, 4.69) is 17.4 Å². The van der Waals surface area contributed by atoms with E-state index < -0.39 is 0 Å². The molecule has 0 saturated carbocycles. The molecule has 0 unspecified atom stereocenters. The molecule has 1 aromatic rings. The van der Waals surface area contributed by atoms with Crippen LogP contribution < -0.4 is 5.32 Å². The van der Waals surface area contributed by atoms with Gasteiger partial charge in [-0.15, -0.1) is 11.6 Å². The molecule has 1 heterocycles. The third-order valence-electron chi connectivity index (χ3n) is 2.90. The van der Waals surface area contributed by atoms with Gasteiger partial charge in [0, 0.05) is 18.8 Å². The lowest BCUT2D eigenvalue weighted by Gasteiger charge is -2.26. The summed E-state index contributed by atoms with van der Waals surface area (Å²) in [6.07, 6.45) is 1.28. The van der Waals surface area contributed by atoms with Crippen molar-refractivity contribution >= 4 is 17.5 Å². The maximum absolute atomic E-state index is 11.3. The topological polar surface area (TPSA) is 38.3 Å². The quantitative estimate of drug-likeness (QED) is 0.834. The third kappa shape index (κ3) is 3.20. The van der Waals surface area contributed by atoms with Crippen LogP contribution in [0.5, 0.6) is 0 Å². The summed E-state index contributed by atoms with van der Waals surface area (Å²) in [7, 11) is 0. The van der Waals surface area contributed by atoms with E-state index in [-0.39, 0.29) is 12.0 Å². The number of carbonyl (C=O) groups is 1. The first kappa shape index (κ1) is 12.4. The van der Waals surface area contributed by atoms with Gasteiger partial charge >= 0.3 is 0 Å². The molecule has 0 spiro atoms. The van der Waals surface area contributed by atoms with Crippen molar-refractivity contribution in [1.82, 2.24) is 5.32 Å². The number of nitrogens with one attached hydrogen (secondary N) is 1. The molecule has 1 amide bonds. The number of hydrogen-bond acceptors (Lipinski definition) is 2. The Hall–Kier alpha value is -1.06. The molecular formula is C13H16ClNO2. The highest BCUT2D eigenvalue weighted by Gasteiger charge is 2.20. The second-order valence-electron chi connectivity index (χ2n) is 4.05. The first-order chi connectivity index (χ1) is 8.31. The Balaban J connectivity index is 1.97. The number of rotatable bonds is 4. The summed E-state index contributed by atoms with van der Waals surface area (Å²) in [5, 5.41) is 2.85. The van der Waals surface area contributed by atoms with Gasteiger partial charge in [-0.1, -0.05) is 24.3 Å². The number of benzene rings is 1. The highest BCUT2D eigenvalue weighted by atomic mass is 35.5. The van der Waals surface area contributed by atoms with E-state index in [1.165, 1.54) is 11.1 Å². The molecule has 0 radical (unpaired) electrons. The molecule has 0 saturated heterocycles. The predicted octanol–water partition coefficient (Wildman–Crippen LogP) is 2.05. The molecule has 4 heteroatoms. The maximum Gasteiger partial charge on any atom is 0.221 e. The van der Waals surface area contributed by atoms with Crippen LogP contribution >= 0.6 is 11.6 Å². The van der Waals surface area contributed by atoms with Gasteiger partial charge in [0.2, 0.25) is 5.91 Å². The van der Waals surface area contributed by atoms with Gasteiger partial charge in [0.05, 0.1) is 6.61 Å². The van der Waals surface area contributed by atoms with E-state index in [1.54, 1.807) is 0 Å². The van der Waals surface area contributed by atoms with Gasteiger partial charge in [0.25, 0.3) is 0 Å². The number of fused-ring (bicyclic) bond motifs is 1. The van der Waals surface area contributed by atoms with Crippen molar-refractivity contribution in [2.24, 2.45) is 0 Å². The Morgan fingerprint density at radius 2 is 2.29 bits per heavy atom. The zero-order valence-electron chi connectivity index (χ0n) is 9.62. The second-order valence-corrected chi connectivity index (χ2v) is 4.43. The van der Waals surface area contributed by atoms with E-state index in [0.29, 0.717) is 25.5 Å². The zero-order chi connectivity index (χ0) is 12.1. The Labute approximate surface area is 106 Å². The number of hydrogen-bond donors (Lipinski definition) is 1. The molecule has 1 aliphatic rings. The van der Waals surface area contributed by atoms with Crippen LogP contribution in [0.2, 0.25) is 0 Å². The molecule has 1 N–H and O–H groups in total. The van der Waals surface area contributed by atoms with Crippen molar-refractivity contribution < 1.29 is 9.53 Å². The minimum Gasteiger partial charge on any atom is -0.371 e. The van der Waals surface area contributed by atoms with E-state index in [4.69, 9.17) is 16.3 Å². The summed E-state index contributed by atoms with van der Waals surface area (Å²) < 4.78 is 5.69. The van der Waals surface area contributed by atoms with Gasteiger partial charge in [0.15, 0.2) is 0 Å². The number of amides is 1. The molecule has 92 valence electrons. The monoisotopic (exact) mass is 253 g/mol. The highest BCUT2D eigenvalue weighted by molar-refractivity contribution is 6.18. The molecule has 0 fully saturated rings. The average Bonchev–Trinajstić information content (AvgIpc) is 2.36. The molecule has 0 aromatic heterocycles. The largest absolute Gasteiger partial charge is 0.371 e. The van der Waals surface area contributed by atoms with Gasteiger partial charge in [-0.05, 0) is 17.5 Å². The van der Waals surface area contributed by atoms with Gasteiger partial charge in [0.1, 0.15) is 6.10 Å². The van der Waals surface area contributed by atoms with Crippen LogP contribution in [0.3, 0.4) is 0 Å². The minimum absolute atomic E-state index is 0.0216. The highest BCUT2D eigenvalue weighted by Crippen LogP contribution is 2.26. The number of ether oxygens (including phenoxy) is 1. The fourth-order valence-corrected chi connectivity index (χ4v) is 2.20. The van der Waals surface area contributed by atoms with Gasteiger partial charge in [-0.25, -0.2) is 0 Å². The SMILES string of the molecule is O=C(CCCl)NC[C@H]1OCCc2ccccc21. The first-order valence-electron chi connectivity index (χ1n) is 5.83. The van der Waals surface area contributed by atoms with Gasteiger partial charge in [-0.3, -0.25) is 4.79 Å². The Bertz CT molecular complexity index is 395. The summed E-state index contributed by atoms with van der Waals surface area (Å²) in [4.78, 5) is 11.3. The van der Waals surface area contributed by atoms with Crippen LogP contribution in [0.25, 0.3) is 0 Å². The zero-order valence-corrected chi connectivity index (χ0v) is 10.4. The fourth-order valence-electron chi connectivity index (χ4n) is 2.03. The fraction of sp³-hybridized carbons (Fsp3) is 0.462. The average molecular weight is 254 g/mol. The van der Waals surface area contributed by atoms with Gasteiger partial charge in [-0.2, -0.15) is 0 Å². The van der Waals surface area contributed by atoms with Crippen molar-refractivity contribution in [2.45, 2.75) is 18.9 Å². The molecule has 1 atom stereocenters. The lowest BCUT2D eigenvalue weighted by molar-refractivity contribution is -0.121. The molecule has 3 nitrogen and oxygen atoms in total. The van der Waals surface area contributed by atoms with Crippen LogP contribution in [-0.4, -0.2) is 24.9 Å². The van der Waals surface area contributed by atoms with Crippen molar-refractivity contribution in [3.05, 3.63) is 35.4 Å². The molecule has 1 aromatic carbocycles. The third-order valence-corrected chi connectivity index (χ3v) is 3.09. The molecule has 0 aliphatic carbocycles. The van der Waals surface area contributed by atoms with E-state index in [1.807, 2.05) is 12.1 Å². The normalized spacial score (nSPS) is 18.5. The molecular weight excluding hydrogens is 238 g/mol. The number of halogens is 1. The Morgan fingerprint density at radius 1 is 1.47 bits per heavy atom. The summed E-state index contributed by atoms with van der Waals surface area (Å²) in [6.45, 7) is 1.24. The van der Waals surface area contributed by atoms with Gasteiger partial charge < -0.3 is 10.1 Å². The predicted molar refractivity (Wildman–Crippen MR) is 67.2 cm³/mol. The van der Waals surface area contributed by atoms with Crippen LogP contribution in [-0.2, 0) is 16.0 Å². The Morgan fingerprint density at radius 3 is 3.12 bits per heavy atom. The summed E-state index contributed by atoms with van der Waals surface area (Å²) in [6, 6.07) is 8.21. The first-order valence-corrected chi connectivity index (χ1v) is 6.37. The van der Waals surface area contributed by atoms with E-state index >= 15 is 0 Å². The number of carbonyl (C=O) groups excluding carboxylic acids is 1. The van der Waals surface area contributed by atoms with Crippen molar-refractivity contribution in [1.29, 1.82) is 0 Å². The summed E-state index contributed by atoms with van der Waals surface area (Å²) in [5.74, 6) is 0.333. The maximum atomic E-state index is 11.3. The van der Waals surface area contributed by atoms with Crippen LogP contribution in [0.1, 0.15) is 23.7 Å². The standard InChI is InChI=1S/C13H16ClNO2/c14-7-5-13(16)15-9-12-11-4-2-1-3-10(11)6-8-17-12/h1-4,12H,5-9H2,(H,15,16)/t12-/m1/s1.